The van der Waals surface area contributed by atoms with E-state index in [9.17, 15) is 4.79 Å². The Bertz CT molecular complexity index is 167. The first kappa shape index (κ1) is 10.7. The zero-order valence-electron chi connectivity index (χ0n) is 7.55. The average molecular weight is 172 g/mol. The van der Waals surface area contributed by atoms with Gasteiger partial charge in [0.25, 0.3) is 0 Å². The van der Waals surface area contributed by atoms with Gasteiger partial charge in [0.15, 0.2) is 5.96 Å². The number of nitrogens with two attached hydrogens (primary N) is 1. The summed E-state index contributed by atoms with van der Waals surface area (Å²) in [5.74, 6) is 0.365. The highest BCUT2D eigenvalue weighted by Crippen LogP contribution is 1.79. The van der Waals surface area contributed by atoms with Crippen molar-refractivity contribution in [3.05, 3.63) is 0 Å². The molecule has 4 N–H and O–H groups in total. The summed E-state index contributed by atoms with van der Waals surface area (Å²) in [4.78, 5) is 14.6. The highest BCUT2D eigenvalue weighted by atomic mass is 16.1. The Balaban J connectivity index is 3.52. The van der Waals surface area contributed by atoms with Crippen molar-refractivity contribution >= 4 is 11.9 Å². The SMILES string of the molecule is CCNC(N)=NCCC(=O)NC. The van der Waals surface area contributed by atoms with Gasteiger partial charge in [0.2, 0.25) is 5.91 Å². The summed E-state index contributed by atoms with van der Waals surface area (Å²) < 4.78 is 0. The van der Waals surface area contributed by atoms with Gasteiger partial charge in [-0.15, -0.1) is 0 Å². The highest BCUT2D eigenvalue weighted by molar-refractivity contribution is 5.79. The summed E-state index contributed by atoms with van der Waals surface area (Å²) in [6.07, 6.45) is 0.378. The minimum atomic E-state index is -0.0250. The van der Waals surface area contributed by atoms with Gasteiger partial charge in [-0.3, -0.25) is 9.79 Å². The standard InChI is InChI=1S/C7H16N4O/c1-3-10-7(8)11-5-4-6(12)9-2/h3-5H2,1-2H3,(H,9,12)(H3,8,10,11). The van der Waals surface area contributed by atoms with Gasteiger partial charge in [0.1, 0.15) is 0 Å². The first-order chi connectivity index (χ1) is 5.70. The Morgan fingerprint density at radius 3 is 2.75 bits per heavy atom. The molecule has 0 radical (unpaired) electrons. The van der Waals surface area contributed by atoms with E-state index in [1.807, 2.05) is 6.92 Å². The number of guanidine groups is 1. The van der Waals surface area contributed by atoms with Gasteiger partial charge in [-0.25, -0.2) is 0 Å². The summed E-state index contributed by atoms with van der Waals surface area (Å²) in [6.45, 7) is 3.11. The average Bonchev–Trinajstić information content (AvgIpc) is 2.04. The third-order valence-electron chi connectivity index (χ3n) is 1.26. The van der Waals surface area contributed by atoms with E-state index in [4.69, 9.17) is 5.73 Å². The number of amides is 1. The lowest BCUT2D eigenvalue weighted by Crippen LogP contribution is -2.31. The summed E-state index contributed by atoms with van der Waals surface area (Å²) in [7, 11) is 1.60. The molecule has 0 fully saturated rings. The minimum absolute atomic E-state index is 0.0250. The van der Waals surface area contributed by atoms with E-state index < -0.39 is 0 Å². The van der Waals surface area contributed by atoms with Crippen LogP contribution in [0.2, 0.25) is 0 Å². The monoisotopic (exact) mass is 172 g/mol. The number of nitrogens with zero attached hydrogens (tertiary/aromatic N) is 1. The maximum Gasteiger partial charge on any atom is 0.221 e. The van der Waals surface area contributed by atoms with E-state index in [-0.39, 0.29) is 5.91 Å². The molecule has 0 aromatic carbocycles. The van der Waals surface area contributed by atoms with Gasteiger partial charge in [-0.05, 0) is 6.92 Å². The number of aliphatic imine (C=N–C) groups is 1. The van der Waals surface area contributed by atoms with Gasteiger partial charge < -0.3 is 16.4 Å². The van der Waals surface area contributed by atoms with E-state index in [2.05, 4.69) is 15.6 Å². The quantitative estimate of drug-likeness (QED) is 0.378. The minimum Gasteiger partial charge on any atom is -0.370 e. The van der Waals surface area contributed by atoms with Crippen LogP contribution in [-0.4, -0.2) is 32.0 Å². The lowest BCUT2D eigenvalue weighted by atomic mass is 10.4. The number of carbonyl (C=O) groups excluding carboxylic acids is 1. The zero-order chi connectivity index (χ0) is 9.40. The van der Waals surface area contributed by atoms with Crippen LogP contribution in [0.3, 0.4) is 0 Å². The summed E-state index contributed by atoms with van der Waals surface area (Å²) in [5, 5.41) is 5.33. The molecule has 12 heavy (non-hydrogen) atoms. The Kier molecular flexibility index (Phi) is 5.77. The largest absolute Gasteiger partial charge is 0.370 e. The molecule has 0 aliphatic heterocycles. The van der Waals surface area contributed by atoms with Crippen molar-refractivity contribution in [2.24, 2.45) is 10.7 Å². The maximum absolute atomic E-state index is 10.7. The topological polar surface area (TPSA) is 79.5 Å². The molecular formula is C7H16N4O. The summed E-state index contributed by atoms with van der Waals surface area (Å²) in [6, 6.07) is 0. The van der Waals surface area contributed by atoms with Gasteiger partial charge in [0, 0.05) is 20.0 Å². The van der Waals surface area contributed by atoms with Gasteiger partial charge >= 0.3 is 0 Å². The fourth-order valence-electron chi connectivity index (χ4n) is 0.640. The van der Waals surface area contributed by atoms with Crippen molar-refractivity contribution in [1.29, 1.82) is 0 Å². The maximum atomic E-state index is 10.7. The number of nitrogens with one attached hydrogen (secondary N) is 2. The smallest absolute Gasteiger partial charge is 0.221 e. The van der Waals surface area contributed by atoms with E-state index in [0.717, 1.165) is 6.54 Å². The predicted molar refractivity (Wildman–Crippen MR) is 48.8 cm³/mol. The normalized spacial score (nSPS) is 11.0. The van der Waals surface area contributed by atoms with E-state index >= 15 is 0 Å². The highest BCUT2D eigenvalue weighted by Gasteiger charge is 1.95. The number of hydrogen-bond donors (Lipinski definition) is 3. The van der Waals surface area contributed by atoms with Crippen LogP contribution in [0.4, 0.5) is 0 Å². The Hall–Kier alpha value is -1.26. The van der Waals surface area contributed by atoms with Crippen molar-refractivity contribution in [1.82, 2.24) is 10.6 Å². The number of carbonyl (C=O) groups is 1. The third kappa shape index (κ3) is 5.52. The van der Waals surface area contributed by atoms with Crippen LogP contribution in [0, 0.1) is 0 Å². The molecule has 5 nitrogen and oxygen atoms in total. The van der Waals surface area contributed by atoms with Crippen LogP contribution in [0.1, 0.15) is 13.3 Å². The molecule has 70 valence electrons. The Morgan fingerprint density at radius 2 is 2.25 bits per heavy atom. The molecule has 0 aliphatic carbocycles. The molecule has 0 unspecified atom stereocenters. The van der Waals surface area contributed by atoms with Gasteiger partial charge in [0.05, 0.1) is 6.54 Å². The molecule has 5 heteroatoms. The molecule has 0 saturated heterocycles. The van der Waals surface area contributed by atoms with Crippen molar-refractivity contribution in [3.63, 3.8) is 0 Å². The molecule has 0 atom stereocenters. The Labute approximate surface area is 72.4 Å². The van der Waals surface area contributed by atoms with Crippen molar-refractivity contribution in [3.8, 4) is 0 Å². The van der Waals surface area contributed by atoms with E-state index in [0.29, 0.717) is 18.9 Å². The van der Waals surface area contributed by atoms with Crippen LogP contribution in [0.15, 0.2) is 4.99 Å². The van der Waals surface area contributed by atoms with Gasteiger partial charge in [-0.2, -0.15) is 0 Å². The van der Waals surface area contributed by atoms with Crippen LogP contribution >= 0.6 is 0 Å². The second-order valence-electron chi connectivity index (χ2n) is 2.22. The molecule has 0 aromatic rings. The zero-order valence-corrected chi connectivity index (χ0v) is 7.55. The lowest BCUT2D eigenvalue weighted by molar-refractivity contribution is -0.120. The third-order valence-corrected chi connectivity index (χ3v) is 1.26. The Morgan fingerprint density at radius 1 is 1.58 bits per heavy atom. The molecule has 0 aromatic heterocycles. The molecule has 0 spiro atoms. The fraction of sp³-hybridized carbons (Fsp3) is 0.714. The second kappa shape index (κ2) is 6.45. The van der Waals surface area contributed by atoms with Crippen molar-refractivity contribution < 1.29 is 4.79 Å². The first-order valence-corrected chi connectivity index (χ1v) is 3.95. The predicted octanol–water partition coefficient (Wildman–Crippen LogP) is -0.953. The van der Waals surface area contributed by atoms with E-state index in [1.54, 1.807) is 7.05 Å². The summed E-state index contributed by atoms with van der Waals surface area (Å²) >= 11 is 0. The molecule has 0 aliphatic rings. The molecule has 0 bridgehead atoms. The molecule has 0 rings (SSSR count). The first-order valence-electron chi connectivity index (χ1n) is 3.95. The van der Waals surface area contributed by atoms with Gasteiger partial charge in [-0.1, -0.05) is 0 Å². The second-order valence-corrected chi connectivity index (χ2v) is 2.22. The number of rotatable bonds is 4. The number of hydrogen-bond acceptors (Lipinski definition) is 2. The van der Waals surface area contributed by atoms with Crippen LogP contribution < -0.4 is 16.4 Å². The van der Waals surface area contributed by atoms with Crippen molar-refractivity contribution in [2.45, 2.75) is 13.3 Å². The molecule has 1 amide bonds. The molecular weight excluding hydrogens is 156 g/mol. The van der Waals surface area contributed by atoms with Crippen LogP contribution in [0.25, 0.3) is 0 Å². The molecule has 0 heterocycles. The fourth-order valence-corrected chi connectivity index (χ4v) is 0.640. The summed E-state index contributed by atoms with van der Waals surface area (Å²) in [5.41, 5.74) is 5.42. The van der Waals surface area contributed by atoms with Crippen molar-refractivity contribution in [2.75, 3.05) is 20.1 Å². The van der Waals surface area contributed by atoms with E-state index in [1.165, 1.54) is 0 Å². The van der Waals surface area contributed by atoms with Crippen LogP contribution in [0.5, 0.6) is 0 Å². The lowest BCUT2D eigenvalue weighted by Gasteiger charge is -2.00. The van der Waals surface area contributed by atoms with Crippen LogP contribution in [-0.2, 0) is 4.79 Å². The molecule has 0 saturated carbocycles.